The van der Waals surface area contributed by atoms with Crippen molar-refractivity contribution < 1.29 is 27.6 Å². The molecule has 1 saturated heterocycles. The topological polar surface area (TPSA) is 75.9 Å². The molecule has 0 saturated carbocycles. The van der Waals surface area contributed by atoms with Gasteiger partial charge >= 0.3 is 6.18 Å². The van der Waals surface area contributed by atoms with Crippen LogP contribution >= 0.6 is 0 Å². The Labute approximate surface area is 148 Å². The van der Waals surface area contributed by atoms with Crippen LogP contribution in [0.5, 0.6) is 5.75 Å². The van der Waals surface area contributed by atoms with Crippen molar-refractivity contribution in [2.24, 2.45) is 0 Å². The molecule has 26 heavy (non-hydrogen) atoms. The lowest BCUT2D eigenvalue weighted by Crippen LogP contribution is -2.48. The Morgan fingerprint density at radius 2 is 1.85 bits per heavy atom. The predicted octanol–water partition coefficient (Wildman–Crippen LogP) is 2.79. The van der Waals surface area contributed by atoms with Crippen LogP contribution in [-0.2, 0) is 6.18 Å². The lowest BCUT2D eigenvalue weighted by atomic mass is 10.0. The molecule has 0 radical (unpaired) electrons. The van der Waals surface area contributed by atoms with E-state index in [1.807, 2.05) is 6.92 Å². The Kier molecular flexibility index (Phi) is 6.06. The predicted molar refractivity (Wildman–Crippen MR) is 87.3 cm³/mol. The summed E-state index contributed by atoms with van der Waals surface area (Å²) in [7, 11) is 0. The zero-order chi connectivity index (χ0) is 19.5. The largest absolute Gasteiger partial charge is 0.493 e. The standard InChI is InChI=1S/C16H20F3N3O4/c1-3-20-5-7-21(8-6-20)15(23)11-9-12(16(17,18)19)13(22(24)25)10-14(11)26-4-2/h9-10H,3-8H2,1-2H3. The number of nitrogens with zero attached hydrogens (tertiary/aromatic N) is 3. The summed E-state index contributed by atoms with van der Waals surface area (Å²) in [6, 6.07) is 1.21. The Bertz CT molecular complexity index is 686. The van der Waals surface area contributed by atoms with Crippen LogP contribution in [0.1, 0.15) is 29.8 Å². The monoisotopic (exact) mass is 375 g/mol. The van der Waals surface area contributed by atoms with Gasteiger partial charge in [-0.3, -0.25) is 14.9 Å². The van der Waals surface area contributed by atoms with Crippen LogP contribution in [0.25, 0.3) is 0 Å². The van der Waals surface area contributed by atoms with Crippen LogP contribution < -0.4 is 4.74 Å². The van der Waals surface area contributed by atoms with E-state index >= 15 is 0 Å². The Morgan fingerprint density at radius 1 is 1.23 bits per heavy atom. The van der Waals surface area contributed by atoms with Gasteiger partial charge in [0.25, 0.3) is 11.6 Å². The maximum Gasteiger partial charge on any atom is 0.423 e. The minimum absolute atomic E-state index is 0.0619. The smallest absolute Gasteiger partial charge is 0.423 e. The molecule has 1 amide bonds. The van der Waals surface area contributed by atoms with Crippen molar-refractivity contribution in [1.82, 2.24) is 9.80 Å². The first-order chi connectivity index (χ1) is 12.2. The molecule has 0 atom stereocenters. The molecule has 1 aliphatic rings. The van der Waals surface area contributed by atoms with E-state index in [1.165, 1.54) is 4.90 Å². The highest BCUT2D eigenvalue weighted by Crippen LogP contribution is 2.40. The number of carbonyl (C=O) groups is 1. The van der Waals surface area contributed by atoms with Gasteiger partial charge in [0.15, 0.2) is 0 Å². The number of nitro benzene ring substituents is 1. The van der Waals surface area contributed by atoms with Gasteiger partial charge in [-0.1, -0.05) is 6.92 Å². The van der Waals surface area contributed by atoms with Gasteiger partial charge in [-0.15, -0.1) is 0 Å². The summed E-state index contributed by atoms with van der Waals surface area (Å²) in [5.74, 6) is -0.834. The number of hydrogen-bond acceptors (Lipinski definition) is 5. The summed E-state index contributed by atoms with van der Waals surface area (Å²) in [6.07, 6.45) is -4.96. The number of hydrogen-bond donors (Lipinski definition) is 0. The van der Waals surface area contributed by atoms with Crippen LogP contribution in [0, 0.1) is 10.1 Å². The molecule has 0 spiro atoms. The van der Waals surface area contributed by atoms with Crippen LogP contribution in [0.3, 0.4) is 0 Å². The highest BCUT2D eigenvalue weighted by Gasteiger charge is 2.40. The zero-order valence-electron chi connectivity index (χ0n) is 14.5. The van der Waals surface area contributed by atoms with E-state index in [-0.39, 0.29) is 17.9 Å². The van der Waals surface area contributed by atoms with Crippen molar-refractivity contribution >= 4 is 11.6 Å². The van der Waals surface area contributed by atoms with E-state index in [1.54, 1.807) is 6.92 Å². The first kappa shape index (κ1) is 20.0. The number of alkyl halides is 3. The molecule has 1 aromatic rings. The summed E-state index contributed by atoms with van der Waals surface area (Å²) in [4.78, 5) is 26.2. The van der Waals surface area contributed by atoms with E-state index in [2.05, 4.69) is 4.90 Å². The molecule has 0 aliphatic carbocycles. The number of halogens is 3. The Hall–Kier alpha value is -2.36. The Morgan fingerprint density at radius 3 is 2.31 bits per heavy atom. The van der Waals surface area contributed by atoms with Gasteiger partial charge in [0.2, 0.25) is 0 Å². The highest BCUT2D eigenvalue weighted by atomic mass is 19.4. The van der Waals surface area contributed by atoms with Gasteiger partial charge in [0.05, 0.1) is 23.2 Å². The number of amides is 1. The molecule has 1 aliphatic heterocycles. The first-order valence-corrected chi connectivity index (χ1v) is 8.23. The number of rotatable bonds is 5. The number of ether oxygens (including phenoxy) is 1. The van der Waals surface area contributed by atoms with E-state index in [4.69, 9.17) is 4.74 Å². The van der Waals surface area contributed by atoms with Gasteiger partial charge in [-0.05, 0) is 19.5 Å². The third-order valence-electron chi connectivity index (χ3n) is 4.24. The second-order valence-electron chi connectivity index (χ2n) is 5.78. The normalized spacial score (nSPS) is 15.8. The molecule has 1 fully saturated rings. The van der Waals surface area contributed by atoms with Crippen LogP contribution in [-0.4, -0.2) is 60.0 Å². The molecule has 0 aromatic heterocycles. The van der Waals surface area contributed by atoms with E-state index in [0.29, 0.717) is 38.3 Å². The van der Waals surface area contributed by atoms with Gasteiger partial charge in [-0.2, -0.15) is 13.2 Å². The number of piperazine rings is 1. The minimum atomic E-state index is -4.96. The SMILES string of the molecule is CCOc1cc([N+](=O)[O-])c(C(F)(F)F)cc1C(=O)N1CCN(CC)CC1. The molecule has 2 rings (SSSR count). The third-order valence-corrected chi connectivity index (χ3v) is 4.24. The maximum atomic E-state index is 13.2. The maximum absolute atomic E-state index is 13.2. The summed E-state index contributed by atoms with van der Waals surface area (Å²) < 4.78 is 44.9. The van der Waals surface area contributed by atoms with Crippen molar-refractivity contribution in [3.63, 3.8) is 0 Å². The van der Waals surface area contributed by atoms with Crippen molar-refractivity contribution in [1.29, 1.82) is 0 Å². The molecule has 10 heteroatoms. The van der Waals surface area contributed by atoms with Crippen molar-refractivity contribution in [3.8, 4) is 5.75 Å². The molecule has 7 nitrogen and oxygen atoms in total. The molecule has 0 bridgehead atoms. The molecule has 144 valence electrons. The van der Waals surface area contributed by atoms with Crippen LogP contribution in [0.2, 0.25) is 0 Å². The fourth-order valence-electron chi connectivity index (χ4n) is 2.83. The second-order valence-corrected chi connectivity index (χ2v) is 5.78. The van der Waals surface area contributed by atoms with Gasteiger partial charge in [-0.25, -0.2) is 0 Å². The van der Waals surface area contributed by atoms with Crippen LogP contribution in [0.4, 0.5) is 18.9 Å². The fourth-order valence-corrected chi connectivity index (χ4v) is 2.83. The summed E-state index contributed by atoms with van der Waals surface area (Å²) in [5, 5.41) is 11.0. The quantitative estimate of drug-likeness (QED) is 0.584. The number of nitro groups is 1. The molecule has 1 aromatic carbocycles. The zero-order valence-corrected chi connectivity index (χ0v) is 14.5. The summed E-state index contributed by atoms with van der Waals surface area (Å²) >= 11 is 0. The average molecular weight is 375 g/mol. The van der Waals surface area contributed by atoms with E-state index < -0.39 is 28.3 Å². The lowest BCUT2D eigenvalue weighted by molar-refractivity contribution is -0.388. The van der Waals surface area contributed by atoms with Gasteiger partial charge < -0.3 is 14.5 Å². The Balaban J connectivity index is 2.45. The summed E-state index contributed by atoms with van der Waals surface area (Å²) in [6.45, 7) is 6.42. The van der Waals surface area contributed by atoms with E-state index in [0.717, 1.165) is 6.54 Å². The molecule has 0 unspecified atom stereocenters. The number of carbonyl (C=O) groups excluding carboxylic acids is 1. The van der Waals surface area contributed by atoms with Gasteiger partial charge in [0.1, 0.15) is 11.3 Å². The molecular formula is C16H20F3N3O4. The minimum Gasteiger partial charge on any atom is -0.493 e. The van der Waals surface area contributed by atoms with E-state index in [9.17, 15) is 28.1 Å². The molecule has 1 heterocycles. The van der Waals surface area contributed by atoms with Crippen molar-refractivity contribution in [3.05, 3.63) is 33.4 Å². The summed E-state index contributed by atoms with van der Waals surface area (Å²) in [5.41, 5.74) is -2.90. The van der Waals surface area contributed by atoms with Crippen LogP contribution in [0.15, 0.2) is 12.1 Å². The van der Waals surface area contributed by atoms with Crippen molar-refractivity contribution in [2.45, 2.75) is 20.0 Å². The number of likely N-dealkylation sites (N-methyl/N-ethyl adjacent to an activating group) is 1. The molecular weight excluding hydrogens is 355 g/mol. The highest BCUT2D eigenvalue weighted by molar-refractivity contribution is 5.97. The van der Waals surface area contributed by atoms with Crippen molar-refractivity contribution in [2.75, 3.05) is 39.3 Å². The lowest BCUT2D eigenvalue weighted by Gasteiger charge is -2.34. The third kappa shape index (κ3) is 4.24. The first-order valence-electron chi connectivity index (χ1n) is 8.23. The number of benzene rings is 1. The average Bonchev–Trinajstić information content (AvgIpc) is 2.60. The fraction of sp³-hybridized carbons (Fsp3) is 0.562. The second kappa shape index (κ2) is 7.90. The van der Waals surface area contributed by atoms with Gasteiger partial charge in [0, 0.05) is 26.2 Å². The molecule has 0 N–H and O–H groups in total.